The van der Waals surface area contributed by atoms with E-state index < -0.39 is 16.0 Å². The average Bonchev–Trinajstić information content (AvgIpc) is 2.44. The highest BCUT2D eigenvalue weighted by atomic mass is 32.2. The topological polar surface area (TPSA) is 87.6 Å². The smallest absolute Gasteiger partial charge is 0.357 e. The molecule has 84 valence electrons. The molecule has 1 aromatic rings. The summed E-state index contributed by atoms with van der Waals surface area (Å²) in [4.78, 5) is 14.5. The number of aromatic carboxylic acids is 1. The van der Waals surface area contributed by atoms with Crippen LogP contribution in [0.2, 0.25) is 0 Å². The SMILES string of the molecule is Cc1nc(C(=O)O)c(N(C)S(C)(=O)=O)s1. The second kappa shape index (κ2) is 3.78. The third-order valence-electron chi connectivity index (χ3n) is 1.70. The van der Waals surface area contributed by atoms with Crippen LogP contribution < -0.4 is 4.31 Å². The molecule has 1 N–H and O–H groups in total. The Morgan fingerprint density at radius 1 is 1.53 bits per heavy atom. The zero-order valence-corrected chi connectivity index (χ0v) is 10.0. The largest absolute Gasteiger partial charge is 0.476 e. The summed E-state index contributed by atoms with van der Waals surface area (Å²) in [5, 5.41) is 9.46. The van der Waals surface area contributed by atoms with Gasteiger partial charge >= 0.3 is 5.97 Å². The van der Waals surface area contributed by atoms with E-state index in [-0.39, 0.29) is 10.7 Å². The van der Waals surface area contributed by atoms with Crippen LogP contribution in [0.5, 0.6) is 0 Å². The highest BCUT2D eigenvalue weighted by molar-refractivity contribution is 7.92. The van der Waals surface area contributed by atoms with Crippen LogP contribution in [0.1, 0.15) is 15.5 Å². The number of thiazole rings is 1. The molecule has 1 aromatic heterocycles. The zero-order valence-electron chi connectivity index (χ0n) is 8.38. The van der Waals surface area contributed by atoms with Crippen molar-refractivity contribution in [2.75, 3.05) is 17.6 Å². The Morgan fingerprint density at radius 2 is 2.07 bits per heavy atom. The van der Waals surface area contributed by atoms with E-state index in [1.807, 2.05) is 0 Å². The summed E-state index contributed by atoms with van der Waals surface area (Å²) in [5.41, 5.74) is -0.231. The van der Waals surface area contributed by atoms with E-state index >= 15 is 0 Å². The van der Waals surface area contributed by atoms with Crippen molar-refractivity contribution in [3.05, 3.63) is 10.7 Å². The first kappa shape index (κ1) is 11.9. The van der Waals surface area contributed by atoms with Crippen molar-refractivity contribution >= 4 is 32.3 Å². The Kier molecular flexibility index (Phi) is 3.00. The van der Waals surface area contributed by atoms with Crippen LogP contribution in [-0.4, -0.2) is 37.8 Å². The van der Waals surface area contributed by atoms with Crippen molar-refractivity contribution < 1.29 is 18.3 Å². The minimum atomic E-state index is -3.46. The van der Waals surface area contributed by atoms with Gasteiger partial charge in [0.25, 0.3) is 0 Å². The number of carboxylic acid groups (broad SMARTS) is 1. The summed E-state index contributed by atoms with van der Waals surface area (Å²) < 4.78 is 23.4. The molecule has 0 saturated heterocycles. The van der Waals surface area contributed by atoms with E-state index in [9.17, 15) is 13.2 Å². The van der Waals surface area contributed by atoms with Crippen LogP contribution in [0, 0.1) is 6.92 Å². The molecule has 0 radical (unpaired) electrons. The van der Waals surface area contributed by atoms with Crippen LogP contribution in [0.25, 0.3) is 0 Å². The first-order valence-corrected chi connectivity index (χ1v) is 6.54. The fourth-order valence-electron chi connectivity index (χ4n) is 0.920. The molecule has 6 nitrogen and oxygen atoms in total. The molecular formula is C7H10N2O4S2. The van der Waals surface area contributed by atoms with Crippen molar-refractivity contribution in [3.63, 3.8) is 0 Å². The monoisotopic (exact) mass is 250 g/mol. The van der Waals surface area contributed by atoms with Gasteiger partial charge in [-0.15, -0.1) is 0 Å². The lowest BCUT2D eigenvalue weighted by Crippen LogP contribution is -2.25. The van der Waals surface area contributed by atoms with Gasteiger partial charge in [0.05, 0.1) is 11.3 Å². The van der Waals surface area contributed by atoms with Crippen molar-refractivity contribution in [3.8, 4) is 0 Å². The van der Waals surface area contributed by atoms with Crippen molar-refractivity contribution in [1.29, 1.82) is 0 Å². The number of rotatable bonds is 3. The van der Waals surface area contributed by atoms with Gasteiger partial charge in [-0.25, -0.2) is 18.2 Å². The summed E-state index contributed by atoms with van der Waals surface area (Å²) in [6.07, 6.45) is 1.01. The van der Waals surface area contributed by atoms with E-state index in [1.165, 1.54) is 7.05 Å². The predicted molar refractivity (Wildman–Crippen MR) is 57.1 cm³/mol. The van der Waals surface area contributed by atoms with E-state index in [0.717, 1.165) is 21.9 Å². The molecule has 8 heteroatoms. The fourth-order valence-corrected chi connectivity index (χ4v) is 2.60. The van der Waals surface area contributed by atoms with Crippen LogP contribution in [0.3, 0.4) is 0 Å². The van der Waals surface area contributed by atoms with Gasteiger partial charge in [0.1, 0.15) is 5.00 Å². The normalized spacial score (nSPS) is 11.4. The molecule has 15 heavy (non-hydrogen) atoms. The Bertz CT molecular complexity index is 491. The number of aryl methyl sites for hydroxylation is 1. The van der Waals surface area contributed by atoms with Gasteiger partial charge in [0, 0.05) is 7.05 Å². The molecule has 1 heterocycles. The molecular weight excluding hydrogens is 240 g/mol. The van der Waals surface area contributed by atoms with E-state index in [2.05, 4.69) is 4.98 Å². The summed E-state index contributed by atoms with van der Waals surface area (Å²) in [5.74, 6) is -1.23. The van der Waals surface area contributed by atoms with Gasteiger partial charge in [0.15, 0.2) is 5.69 Å². The maximum Gasteiger partial charge on any atom is 0.357 e. The van der Waals surface area contributed by atoms with Crippen LogP contribution in [0.4, 0.5) is 5.00 Å². The number of sulfonamides is 1. The van der Waals surface area contributed by atoms with Crippen LogP contribution in [-0.2, 0) is 10.0 Å². The van der Waals surface area contributed by atoms with E-state index in [1.54, 1.807) is 6.92 Å². The highest BCUT2D eigenvalue weighted by Gasteiger charge is 2.23. The van der Waals surface area contributed by atoms with Crippen LogP contribution >= 0.6 is 11.3 Å². The van der Waals surface area contributed by atoms with Crippen LogP contribution in [0.15, 0.2) is 0 Å². The minimum absolute atomic E-state index is 0.127. The number of carboxylic acids is 1. The highest BCUT2D eigenvalue weighted by Crippen LogP contribution is 2.28. The number of aromatic nitrogens is 1. The minimum Gasteiger partial charge on any atom is -0.476 e. The molecule has 1 rings (SSSR count). The fraction of sp³-hybridized carbons (Fsp3) is 0.429. The molecule has 0 unspecified atom stereocenters. The summed E-state index contributed by atoms with van der Waals surface area (Å²) >= 11 is 1.03. The van der Waals surface area contributed by atoms with Crippen molar-refractivity contribution in [2.24, 2.45) is 0 Å². The maximum absolute atomic E-state index is 11.2. The lowest BCUT2D eigenvalue weighted by Gasteiger charge is -2.13. The molecule has 0 atom stereocenters. The number of hydrogen-bond acceptors (Lipinski definition) is 5. The molecule has 0 fully saturated rings. The quantitative estimate of drug-likeness (QED) is 0.846. The lowest BCUT2D eigenvalue weighted by atomic mass is 10.4. The molecule has 0 amide bonds. The second-order valence-electron chi connectivity index (χ2n) is 2.92. The summed E-state index contributed by atoms with van der Waals surface area (Å²) in [6.45, 7) is 1.62. The zero-order chi connectivity index (χ0) is 11.8. The molecule has 0 aliphatic carbocycles. The number of anilines is 1. The molecule has 0 aliphatic heterocycles. The first-order chi connectivity index (χ1) is 6.73. The maximum atomic E-state index is 11.2. The third-order valence-corrected chi connectivity index (χ3v) is 4.04. The standard InChI is InChI=1S/C7H10N2O4S2/c1-4-8-5(7(10)11)6(14-4)9(2)15(3,12)13/h1-3H3,(H,10,11). The molecule has 0 spiro atoms. The van der Waals surface area contributed by atoms with Gasteiger partial charge in [-0.1, -0.05) is 11.3 Å². The number of hydrogen-bond donors (Lipinski definition) is 1. The van der Waals surface area contributed by atoms with E-state index in [4.69, 9.17) is 5.11 Å². The third kappa shape index (κ3) is 2.45. The molecule has 0 aliphatic rings. The average molecular weight is 250 g/mol. The van der Waals surface area contributed by atoms with Crippen molar-refractivity contribution in [2.45, 2.75) is 6.92 Å². The molecule has 0 saturated carbocycles. The Morgan fingerprint density at radius 3 is 2.47 bits per heavy atom. The number of carbonyl (C=O) groups is 1. The van der Waals surface area contributed by atoms with E-state index in [0.29, 0.717) is 5.01 Å². The van der Waals surface area contributed by atoms with Gasteiger partial charge in [0.2, 0.25) is 10.0 Å². The van der Waals surface area contributed by atoms with Gasteiger partial charge in [-0.05, 0) is 6.92 Å². The second-order valence-corrected chi connectivity index (χ2v) is 6.12. The predicted octanol–water partition coefficient (Wildman–Crippen LogP) is 0.546. The van der Waals surface area contributed by atoms with Gasteiger partial charge in [-0.3, -0.25) is 4.31 Å². The van der Waals surface area contributed by atoms with Gasteiger partial charge in [-0.2, -0.15) is 0 Å². The first-order valence-electron chi connectivity index (χ1n) is 3.88. The van der Waals surface area contributed by atoms with Crippen molar-refractivity contribution in [1.82, 2.24) is 4.98 Å². The molecule has 0 bridgehead atoms. The Balaban J connectivity index is 3.31. The molecule has 0 aromatic carbocycles. The van der Waals surface area contributed by atoms with Gasteiger partial charge < -0.3 is 5.11 Å². The summed E-state index contributed by atoms with van der Waals surface area (Å²) in [7, 11) is -2.16. The number of nitrogens with zero attached hydrogens (tertiary/aromatic N) is 2. The lowest BCUT2D eigenvalue weighted by molar-refractivity contribution is 0.0692. The Labute approximate surface area is 91.2 Å². The Hall–Kier alpha value is -1.15. The summed E-state index contributed by atoms with van der Waals surface area (Å²) in [6, 6.07) is 0.